The van der Waals surface area contributed by atoms with E-state index in [9.17, 15) is 4.79 Å². The second-order valence-corrected chi connectivity index (χ2v) is 6.15. The van der Waals surface area contributed by atoms with Crippen LogP contribution < -0.4 is 16.0 Å². The van der Waals surface area contributed by atoms with Crippen LogP contribution in [0, 0.1) is 11.8 Å². The minimum absolute atomic E-state index is 0.0642. The Bertz CT molecular complexity index is 287. The second kappa shape index (κ2) is 6.02. The smallest absolute Gasteiger partial charge is 0.238 e. The first-order chi connectivity index (χ1) is 8.58. The average molecular weight is 253 g/mol. The van der Waals surface area contributed by atoms with Crippen molar-refractivity contribution in [2.45, 2.75) is 58.2 Å². The van der Waals surface area contributed by atoms with Crippen molar-refractivity contribution in [2.24, 2.45) is 11.8 Å². The lowest BCUT2D eigenvalue weighted by Gasteiger charge is -2.36. The zero-order valence-corrected chi connectivity index (χ0v) is 11.8. The van der Waals surface area contributed by atoms with Crippen molar-refractivity contribution < 1.29 is 4.79 Å². The van der Waals surface area contributed by atoms with Crippen LogP contribution in [-0.2, 0) is 4.79 Å². The van der Waals surface area contributed by atoms with Gasteiger partial charge in [0, 0.05) is 25.2 Å². The van der Waals surface area contributed by atoms with Crippen molar-refractivity contribution in [3.8, 4) is 0 Å². The predicted molar refractivity (Wildman–Crippen MR) is 73.4 cm³/mol. The number of amides is 1. The maximum absolute atomic E-state index is 12.2. The predicted octanol–water partition coefficient (Wildman–Crippen LogP) is 0.877. The summed E-state index contributed by atoms with van der Waals surface area (Å²) in [7, 11) is 0. The first-order valence-corrected chi connectivity index (χ1v) is 7.35. The lowest BCUT2D eigenvalue weighted by molar-refractivity contribution is -0.124. The molecule has 18 heavy (non-hydrogen) atoms. The molecule has 0 bridgehead atoms. The van der Waals surface area contributed by atoms with Gasteiger partial charge in [-0.2, -0.15) is 0 Å². The molecule has 1 amide bonds. The largest absolute Gasteiger partial charge is 0.352 e. The first-order valence-electron chi connectivity index (χ1n) is 7.35. The Kier molecular flexibility index (Phi) is 4.62. The molecule has 1 aliphatic heterocycles. The van der Waals surface area contributed by atoms with Crippen LogP contribution in [0.25, 0.3) is 0 Å². The summed E-state index contributed by atoms with van der Waals surface area (Å²) >= 11 is 0. The van der Waals surface area contributed by atoms with Crippen molar-refractivity contribution in [1.82, 2.24) is 16.0 Å². The molecular formula is C14H27N3O. The summed E-state index contributed by atoms with van der Waals surface area (Å²) in [5.74, 6) is 1.49. The van der Waals surface area contributed by atoms with E-state index in [-0.39, 0.29) is 11.9 Å². The third-order valence-electron chi connectivity index (χ3n) is 4.69. The number of hydrogen-bond donors (Lipinski definition) is 3. The Morgan fingerprint density at radius 3 is 2.56 bits per heavy atom. The summed E-state index contributed by atoms with van der Waals surface area (Å²) in [5.41, 5.74) is 0. The van der Waals surface area contributed by atoms with E-state index >= 15 is 0 Å². The third kappa shape index (κ3) is 3.23. The van der Waals surface area contributed by atoms with E-state index in [0.29, 0.717) is 18.0 Å². The summed E-state index contributed by atoms with van der Waals surface area (Å²) in [4.78, 5) is 12.2. The Morgan fingerprint density at radius 1 is 1.11 bits per heavy atom. The number of rotatable bonds is 2. The van der Waals surface area contributed by atoms with Crippen molar-refractivity contribution in [3.05, 3.63) is 0 Å². The Labute approximate surface area is 110 Å². The van der Waals surface area contributed by atoms with Crippen molar-refractivity contribution in [2.75, 3.05) is 13.1 Å². The molecule has 0 aromatic rings. The minimum Gasteiger partial charge on any atom is -0.352 e. The van der Waals surface area contributed by atoms with Gasteiger partial charge in [-0.3, -0.25) is 4.79 Å². The van der Waals surface area contributed by atoms with Gasteiger partial charge >= 0.3 is 0 Å². The van der Waals surface area contributed by atoms with Crippen LogP contribution in [0.3, 0.4) is 0 Å². The highest BCUT2D eigenvalue weighted by molar-refractivity contribution is 5.82. The monoisotopic (exact) mass is 253 g/mol. The van der Waals surface area contributed by atoms with E-state index in [0.717, 1.165) is 25.4 Å². The molecule has 0 aromatic carbocycles. The van der Waals surface area contributed by atoms with E-state index < -0.39 is 0 Å². The fraction of sp³-hybridized carbons (Fsp3) is 0.929. The van der Waals surface area contributed by atoms with Gasteiger partial charge < -0.3 is 16.0 Å². The number of nitrogens with one attached hydrogen (secondary N) is 3. The molecule has 4 nitrogen and oxygen atoms in total. The fourth-order valence-corrected chi connectivity index (χ4v) is 3.04. The van der Waals surface area contributed by atoms with Gasteiger partial charge in [0.1, 0.15) is 0 Å². The summed E-state index contributed by atoms with van der Waals surface area (Å²) in [6.45, 7) is 8.30. The zero-order valence-electron chi connectivity index (χ0n) is 11.8. The third-order valence-corrected chi connectivity index (χ3v) is 4.69. The number of carbonyl (C=O) groups excluding carboxylic acids is 1. The van der Waals surface area contributed by atoms with Crippen LogP contribution in [-0.4, -0.2) is 37.1 Å². The second-order valence-electron chi connectivity index (χ2n) is 6.15. The molecule has 0 aromatic heterocycles. The maximum Gasteiger partial charge on any atom is 0.238 e. The van der Waals surface area contributed by atoms with Crippen LogP contribution in [0.1, 0.15) is 40.0 Å². The van der Waals surface area contributed by atoms with Crippen LogP contribution in [0.5, 0.6) is 0 Å². The molecule has 104 valence electrons. The highest BCUT2D eigenvalue weighted by Gasteiger charge is 2.31. The summed E-state index contributed by atoms with van der Waals surface area (Å²) < 4.78 is 0. The molecule has 5 unspecified atom stereocenters. The fourth-order valence-electron chi connectivity index (χ4n) is 3.04. The van der Waals surface area contributed by atoms with E-state index in [1.165, 1.54) is 12.8 Å². The zero-order chi connectivity index (χ0) is 13.1. The molecule has 1 heterocycles. The Morgan fingerprint density at radius 2 is 1.89 bits per heavy atom. The molecule has 2 aliphatic rings. The van der Waals surface area contributed by atoms with Gasteiger partial charge in [-0.15, -0.1) is 0 Å². The topological polar surface area (TPSA) is 53.2 Å². The van der Waals surface area contributed by atoms with Gasteiger partial charge in [0.15, 0.2) is 0 Å². The normalized spacial score (nSPS) is 41.4. The van der Waals surface area contributed by atoms with E-state index in [2.05, 4.69) is 36.7 Å². The molecule has 5 atom stereocenters. The van der Waals surface area contributed by atoms with Gasteiger partial charge in [0.05, 0.1) is 6.04 Å². The lowest BCUT2D eigenvalue weighted by atomic mass is 9.78. The molecule has 1 saturated heterocycles. The van der Waals surface area contributed by atoms with Gasteiger partial charge in [-0.1, -0.05) is 26.7 Å². The molecule has 2 fully saturated rings. The van der Waals surface area contributed by atoms with Crippen molar-refractivity contribution in [3.63, 3.8) is 0 Å². The molecule has 4 heteroatoms. The van der Waals surface area contributed by atoms with Crippen LogP contribution >= 0.6 is 0 Å². The lowest BCUT2D eigenvalue weighted by Crippen LogP contribution is -2.60. The highest BCUT2D eigenvalue weighted by atomic mass is 16.2. The summed E-state index contributed by atoms with van der Waals surface area (Å²) in [6, 6.07) is 0.760. The molecule has 2 rings (SSSR count). The Balaban J connectivity index is 1.83. The molecule has 1 aliphatic carbocycles. The van der Waals surface area contributed by atoms with E-state index in [1.807, 2.05) is 0 Å². The summed E-state index contributed by atoms with van der Waals surface area (Å²) in [5, 5.41) is 9.90. The van der Waals surface area contributed by atoms with Gasteiger partial charge in [0.2, 0.25) is 5.91 Å². The van der Waals surface area contributed by atoms with Crippen LogP contribution in [0.2, 0.25) is 0 Å². The average Bonchev–Trinajstić information content (AvgIpc) is 2.36. The molecule has 1 saturated carbocycles. The number of hydrogen-bond acceptors (Lipinski definition) is 3. The quantitative estimate of drug-likeness (QED) is 0.685. The van der Waals surface area contributed by atoms with Crippen LogP contribution in [0.15, 0.2) is 0 Å². The molecule has 3 N–H and O–H groups in total. The van der Waals surface area contributed by atoms with Gasteiger partial charge in [-0.25, -0.2) is 0 Å². The molecular weight excluding hydrogens is 226 g/mol. The highest BCUT2D eigenvalue weighted by Crippen LogP contribution is 2.29. The van der Waals surface area contributed by atoms with Gasteiger partial charge in [0.25, 0.3) is 0 Å². The van der Waals surface area contributed by atoms with E-state index in [4.69, 9.17) is 0 Å². The standard InChI is InChI=1S/C14H27N3O/c1-9-5-4-6-12(11(9)3)17-14(18)13-8-15-10(2)7-16-13/h9-13,15-16H,4-8H2,1-3H3,(H,17,18). The minimum atomic E-state index is -0.0642. The number of piperazine rings is 1. The number of carbonyl (C=O) groups is 1. The first kappa shape index (κ1) is 13.8. The SMILES string of the molecule is CC1CNC(C(=O)NC2CCCC(C)C2C)CN1. The Hall–Kier alpha value is -0.610. The molecule has 0 spiro atoms. The maximum atomic E-state index is 12.2. The summed E-state index contributed by atoms with van der Waals surface area (Å²) in [6.07, 6.45) is 3.67. The molecule has 0 radical (unpaired) electrons. The van der Waals surface area contributed by atoms with E-state index in [1.54, 1.807) is 0 Å². The van der Waals surface area contributed by atoms with Crippen LogP contribution in [0.4, 0.5) is 0 Å². The van der Waals surface area contributed by atoms with Gasteiger partial charge in [-0.05, 0) is 25.2 Å². The van der Waals surface area contributed by atoms with Crippen molar-refractivity contribution >= 4 is 5.91 Å². The van der Waals surface area contributed by atoms with Crippen molar-refractivity contribution in [1.29, 1.82) is 0 Å².